The number of nitrogens with one attached hydrogen (secondary N) is 1. The zero-order chi connectivity index (χ0) is 14.7. The first kappa shape index (κ1) is 14.1. The predicted molar refractivity (Wildman–Crippen MR) is 69.4 cm³/mol. The van der Waals surface area contributed by atoms with E-state index >= 15 is 0 Å². The first-order chi connectivity index (χ1) is 9.49. The molecule has 0 aliphatic heterocycles. The first-order valence-electron chi connectivity index (χ1n) is 6.02. The highest BCUT2D eigenvalue weighted by atomic mass is 19.3. The van der Waals surface area contributed by atoms with Gasteiger partial charge in [-0.15, -0.1) is 0 Å². The van der Waals surface area contributed by atoms with Crippen LogP contribution in [0.25, 0.3) is 11.3 Å². The Morgan fingerprint density at radius 2 is 2.20 bits per heavy atom. The topological polar surface area (TPSA) is 59.8 Å². The second kappa shape index (κ2) is 5.77. The Morgan fingerprint density at radius 3 is 2.80 bits per heavy atom. The number of halogens is 2. The molecule has 0 spiro atoms. The Balaban J connectivity index is 2.22. The highest BCUT2D eigenvalue weighted by molar-refractivity contribution is 5.93. The van der Waals surface area contributed by atoms with Crippen LogP contribution in [0.1, 0.15) is 17.4 Å². The molecule has 1 unspecified atom stereocenters. The van der Waals surface area contributed by atoms with Crippen LogP contribution in [0.4, 0.5) is 8.78 Å². The Morgan fingerprint density at radius 1 is 1.45 bits per heavy atom. The molecule has 0 bridgehead atoms. The van der Waals surface area contributed by atoms with Crippen molar-refractivity contribution in [2.75, 3.05) is 0 Å². The maximum atomic E-state index is 12.4. The number of carbonyl (C=O) groups is 1. The molecule has 1 atom stereocenters. The van der Waals surface area contributed by atoms with Crippen molar-refractivity contribution in [2.45, 2.75) is 19.4 Å². The predicted octanol–water partition coefficient (Wildman–Crippen LogP) is 1.87. The molecule has 1 amide bonds. The first-order valence-corrected chi connectivity index (χ1v) is 6.02. The molecular formula is C13H14F2N4O. The Kier molecular flexibility index (Phi) is 4.07. The largest absolute Gasteiger partial charge is 0.343 e. The zero-order valence-corrected chi connectivity index (χ0v) is 11.0. The van der Waals surface area contributed by atoms with Crippen LogP contribution >= 0.6 is 0 Å². The lowest BCUT2D eigenvalue weighted by Gasteiger charge is -2.12. The van der Waals surface area contributed by atoms with Crippen LogP contribution in [0.15, 0.2) is 30.6 Å². The lowest BCUT2D eigenvalue weighted by atomic mass is 10.2. The van der Waals surface area contributed by atoms with E-state index in [4.69, 9.17) is 0 Å². The average molecular weight is 280 g/mol. The maximum absolute atomic E-state index is 12.4. The summed E-state index contributed by atoms with van der Waals surface area (Å²) < 4.78 is 26.2. The normalized spacial score (nSPS) is 12.4. The molecule has 0 radical (unpaired) electrons. The minimum atomic E-state index is -2.61. The second-order valence-electron chi connectivity index (χ2n) is 4.38. The van der Waals surface area contributed by atoms with Gasteiger partial charge in [-0.1, -0.05) is 0 Å². The van der Waals surface area contributed by atoms with Crippen LogP contribution in [0.2, 0.25) is 0 Å². The molecule has 1 N–H and O–H groups in total. The molecule has 0 aromatic carbocycles. The third-order valence-electron chi connectivity index (χ3n) is 2.81. The molecule has 0 saturated heterocycles. The molecule has 5 nitrogen and oxygen atoms in total. The van der Waals surface area contributed by atoms with Crippen LogP contribution in [0.5, 0.6) is 0 Å². The summed E-state index contributed by atoms with van der Waals surface area (Å²) in [6.07, 6.45) is 0.640. The summed E-state index contributed by atoms with van der Waals surface area (Å²) in [5.74, 6) is -0.581. The molecule has 0 aliphatic rings. The SMILES string of the molecule is CC(NC(=O)c1cc(-c2cccnc2)nn1C)C(F)F. The third-order valence-corrected chi connectivity index (χ3v) is 2.81. The van der Waals surface area contributed by atoms with Gasteiger partial charge < -0.3 is 5.32 Å². The Hall–Kier alpha value is -2.31. The molecule has 2 aromatic heterocycles. The van der Waals surface area contributed by atoms with Crippen molar-refractivity contribution in [1.29, 1.82) is 0 Å². The van der Waals surface area contributed by atoms with E-state index in [1.807, 2.05) is 0 Å². The van der Waals surface area contributed by atoms with E-state index in [-0.39, 0.29) is 5.69 Å². The number of hydrogen-bond donors (Lipinski definition) is 1. The molecule has 2 aromatic rings. The maximum Gasteiger partial charge on any atom is 0.269 e. The fourth-order valence-corrected chi connectivity index (χ4v) is 1.68. The van der Waals surface area contributed by atoms with Gasteiger partial charge in [-0.25, -0.2) is 8.78 Å². The molecule has 106 valence electrons. The van der Waals surface area contributed by atoms with Gasteiger partial charge in [-0.3, -0.25) is 14.5 Å². The molecule has 0 saturated carbocycles. The van der Waals surface area contributed by atoms with Crippen molar-refractivity contribution in [2.24, 2.45) is 7.05 Å². The van der Waals surface area contributed by atoms with E-state index in [9.17, 15) is 13.6 Å². The number of hydrogen-bond acceptors (Lipinski definition) is 3. The minimum absolute atomic E-state index is 0.219. The van der Waals surface area contributed by atoms with Crippen molar-refractivity contribution >= 4 is 5.91 Å². The van der Waals surface area contributed by atoms with Crippen molar-refractivity contribution in [3.05, 3.63) is 36.3 Å². The summed E-state index contributed by atoms with van der Waals surface area (Å²) in [7, 11) is 1.59. The number of carbonyl (C=O) groups excluding carboxylic acids is 1. The second-order valence-corrected chi connectivity index (χ2v) is 4.38. The summed E-state index contributed by atoms with van der Waals surface area (Å²) in [5, 5.41) is 6.42. The van der Waals surface area contributed by atoms with Crippen molar-refractivity contribution in [3.63, 3.8) is 0 Å². The van der Waals surface area contributed by atoms with Gasteiger partial charge in [0.1, 0.15) is 5.69 Å². The lowest BCUT2D eigenvalue weighted by molar-refractivity contribution is 0.0772. The smallest absolute Gasteiger partial charge is 0.269 e. The van der Waals surface area contributed by atoms with Gasteiger partial charge in [-0.2, -0.15) is 5.10 Å². The van der Waals surface area contributed by atoms with Crippen LogP contribution < -0.4 is 5.32 Å². The van der Waals surface area contributed by atoms with Gasteiger partial charge in [0.15, 0.2) is 0 Å². The highest BCUT2D eigenvalue weighted by Crippen LogP contribution is 2.17. The molecule has 7 heteroatoms. The number of pyridine rings is 1. The lowest BCUT2D eigenvalue weighted by Crippen LogP contribution is -2.38. The number of aromatic nitrogens is 3. The zero-order valence-electron chi connectivity index (χ0n) is 11.0. The van der Waals surface area contributed by atoms with Gasteiger partial charge in [0.2, 0.25) is 0 Å². The summed E-state index contributed by atoms with van der Waals surface area (Å²) in [6, 6.07) is 3.89. The van der Waals surface area contributed by atoms with E-state index in [0.717, 1.165) is 5.56 Å². The molecule has 0 aliphatic carbocycles. The van der Waals surface area contributed by atoms with Crippen LogP contribution in [0.3, 0.4) is 0 Å². The number of amides is 1. The summed E-state index contributed by atoms with van der Waals surface area (Å²) in [6.45, 7) is 1.25. The number of rotatable bonds is 4. The molecule has 0 fully saturated rings. The van der Waals surface area contributed by atoms with Gasteiger partial charge in [0, 0.05) is 25.0 Å². The van der Waals surface area contributed by atoms with E-state index in [2.05, 4.69) is 15.4 Å². The van der Waals surface area contributed by atoms with Gasteiger partial charge in [0.25, 0.3) is 12.3 Å². The standard InChI is InChI=1S/C13H14F2N4O/c1-8(12(14)15)17-13(20)11-6-10(18-19(11)2)9-4-3-5-16-7-9/h3-8,12H,1-2H3,(H,17,20). The Labute approximate surface area is 114 Å². The minimum Gasteiger partial charge on any atom is -0.343 e. The highest BCUT2D eigenvalue weighted by Gasteiger charge is 2.20. The fraction of sp³-hybridized carbons (Fsp3) is 0.308. The van der Waals surface area contributed by atoms with Crippen LogP contribution in [0, 0.1) is 0 Å². The van der Waals surface area contributed by atoms with E-state index < -0.39 is 18.4 Å². The van der Waals surface area contributed by atoms with Crippen molar-refractivity contribution in [1.82, 2.24) is 20.1 Å². The van der Waals surface area contributed by atoms with E-state index in [1.165, 1.54) is 11.6 Å². The molecular weight excluding hydrogens is 266 g/mol. The van der Waals surface area contributed by atoms with Crippen LogP contribution in [-0.4, -0.2) is 33.1 Å². The van der Waals surface area contributed by atoms with Crippen molar-refractivity contribution in [3.8, 4) is 11.3 Å². The summed E-state index contributed by atoms with van der Waals surface area (Å²) in [4.78, 5) is 15.9. The molecule has 20 heavy (non-hydrogen) atoms. The molecule has 2 heterocycles. The molecule has 2 rings (SSSR count). The van der Waals surface area contributed by atoms with Gasteiger partial charge in [-0.05, 0) is 25.1 Å². The van der Waals surface area contributed by atoms with Gasteiger partial charge >= 0.3 is 0 Å². The summed E-state index contributed by atoms with van der Waals surface area (Å²) in [5.41, 5.74) is 1.54. The monoisotopic (exact) mass is 280 g/mol. The van der Waals surface area contributed by atoms with Crippen LogP contribution in [-0.2, 0) is 7.05 Å². The third kappa shape index (κ3) is 2.98. The number of nitrogens with zero attached hydrogens (tertiary/aromatic N) is 3. The number of aryl methyl sites for hydroxylation is 1. The van der Waals surface area contributed by atoms with Crippen molar-refractivity contribution < 1.29 is 13.6 Å². The average Bonchev–Trinajstić information content (AvgIpc) is 2.81. The number of alkyl halides is 2. The quantitative estimate of drug-likeness (QED) is 0.930. The van der Waals surface area contributed by atoms with E-state index in [0.29, 0.717) is 5.69 Å². The summed E-state index contributed by atoms with van der Waals surface area (Å²) >= 11 is 0. The fourth-order valence-electron chi connectivity index (χ4n) is 1.68. The van der Waals surface area contributed by atoms with E-state index in [1.54, 1.807) is 37.6 Å². The Bertz CT molecular complexity index is 598. The van der Waals surface area contributed by atoms with Gasteiger partial charge in [0.05, 0.1) is 11.7 Å².